The lowest BCUT2D eigenvalue weighted by Crippen LogP contribution is -2.47. The Hall–Kier alpha value is -3.13. The van der Waals surface area contributed by atoms with Crippen LogP contribution in [0.25, 0.3) is 0 Å². The predicted octanol–water partition coefficient (Wildman–Crippen LogP) is 0.837. The standard InChI is InChI=1S/C22H28N4O4/c1-17(27)25-10-8-24(9-11-25)14-19-12-20(28)21(30-2)15-26(19)16-22(29)23-13-18-6-4-3-5-7-18/h3-7,12,15H,8-11,13-14,16H2,1-2H3,(H,23,29). The number of pyridine rings is 1. The fourth-order valence-corrected chi connectivity index (χ4v) is 3.49. The van der Waals surface area contributed by atoms with Crippen molar-refractivity contribution >= 4 is 11.8 Å². The highest BCUT2D eigenvalue weighted by atomic mass is 16.5. The van der Waals surface area contributed by atoms with Crippen LogP contribution in [0.1, 0.15) is 18.2 Å². The first-order valence-corrected chi connectivity index (χ1v) is 10.0. The summed E-state index contributed by atoms with van der Waals surface area (Å²) in [4.78, 5) is 40.3. The van der Waals surface area contributed by atoms with Gasteiger partial charge in [-0.2, -0.15) is 0 Å². The fraction of sp³-hybridized carbons (Fsp3) is 0.409. The summed E-state index contributed by atoms with van der Waals surface area (Å²) in [5.74, 6) is 0.134. The number of nitrogens with one attached hydrogen (secondary N) is 1. The van der Waals surface area contributed by atoms with Crippen LogP contribution in [-0.2, 0) is 29.2 Å². The van der Waals surface area contributed by atoms with E-state index < -0.39 is 0 Å². The van der Waals surface area contributed by atoms with Crippen LogP contribution in [0.5, 0.6) is 5.75 Å². The molecule has 1 N–H and O–H groups in total. The van der Waals surface area contributed by atoms with Crippen LogP contribution in [-0.4, -0.2) is 59.5 Å². The molecule has 1 aromatic carbocycles. The Kier molecular flexibility index (Phi) is 7.24. The molecular formula is C22H28N4O4. The number of piperazine rings is 1. The molecule has 0 bridgehead atoms. The van der Waals surface area contributed by atoms with E-state index in [0.29, 0.717) is 26.2 Å². The molecule has 1 aliphatic rings. The highest BCUT2D eigenvalue weighted by Gasteiger charge is 2.20. The van der Waals surface area contributed by atoms with Gasteiger partial charge in [0, 0.05) is 58.0 Å². The van der Waals surface area contributed by atoms with Gasteiger partial charge in [0.1, 0.15) is 6.54 Å². The molecule has 3 rings (SSSR count). The van der Waals surface area contributed by atoms with Gasteiger partial charge in [0.25, 0.3) is 0 Å². The van der Waals surface area contributed by atoms with E-state index in [1.54, 1.807) is 17.7 Å². The molecule has 0 saturated carbocycles. The number of nitrogens with zero attached hydrogens (tertiary/aromatic N) is 3. The van der Waals surface area contributed by atoms with E-state index in [4.69, 9.17) is 4.74 Å². The number of ether oxygens (including phenoxy) is 1. The van der Waals surface area contributed by atoms with Gasteiger partial charge in [-0.05, 0) is 5.56 Å². The molecule has 1 aliphatic heterocycles. The van der Waals surface area contributed by atoms with Gasteiger partial charge >= 0.3 is 0 Å². The van der Waals surface area contributed by atoms with Crippen molar-refractivity contribution in [2.24, 2.45) is 0 Å². The van der Waals surface area contributed by atoms with Crippen molar-refractivity contribution in [2.45, 2.75) is 26.6 Å². The summed E-state index contributed by atoms with van der Waals surface area (Å²) in [6.07, 6.45) is 1.59. The SMILES string of the molecule is COc1cn(CC(=O)NCc2ccccc2)c(CN2CCN(C(C)=O)CC2)cc1=O. The summed E-state index contributed by atoms with van der Waals surface area (Å²) < 4.78 is 6.92. The first kappa shape index (κ1) is 21.6. The van der Waals surface area contributed by atoms with Crippen molar-refractivity contribution in [3.8, 4) is 5.75 Å². The Morgan fingerprint density at radius 1 is 1.10 bits per heavy atom. The van der Waals surface area contributed by atoms with E-state index in [1.165, 1.54) is 13.2 Å². The molecule has 0 aliphatic carbocycles. The average Bonchev–Trinajstić information content (AvgIpc) is 2.75. The number of rotatable bonds is 7. The van der Waals surface area contributed by atoms with E-state index in [2.05, 4.69) is 10.2 Å². The lowest BCUT2D eigenvalue weighted by atomic mass is 10.2. The second kappa shape index (κ2) is 10.1. The van der Waals surface area contributed by atoms with Crippen molar-refractivity contribution in [2.75, 3.05) is 33.3 Å². The second-order valence-corrected chi connectivity index (χ2v) is 7.37. The molecule has 30 heavy (non-hydrogen) atoms. The van der Waals surface area contributed by atoms with Crippen LogP contribution >= 0.6 is 0 Å². The number of carbonyl (C=O) groups excluding carboxylic acids is 2. The van der Waals surface area contributed by atoms with Gasteiger partial charge in [0.2, 0.25) is 17.2 Å². The van der Waals surface area contributed by atoms with E-state index in [1.807, 2.05) is 35.2 Å². The third kappa shape index (κ3) is 5.70. The van der Waals surface area contributed by atoms with Crippen LogP contribution in [0, 0.1) is 0 Å². The number of methoxy groups -OCH3 is 1. The van der Waals surface area contributed by atoms with E-state index in [0.717, 1.165) is 24.3 Å². The van der Waals surface area contributed by atoms with Gasteiger partial charge in [-0.25, -0.2) is 0 Å². The number of hydrogen-bond donors (Lipinski definition) is 1. The van der Waals surface area contributed by atoms with E-state index >= 15 is 0 Å². The number of aromatic nitrogens is 1. The smallest absolute Gasteiger partial charge is 0.240 e. The van der Waals surface area contributed by atoms with Crippen LogP contribution in [0.3, 0.4) is 0 Å². The molecule has 2 heterocycles. The summed E-state index contributed by atoms with van der Waals surface area (Å²) in [7, 11) is 1.44. The van der Waals surface area contributed by atoms with Gasteiger partial charge in [-0.1, -0.05) is 30.3 Å². The van der Waals surface area contributed by atoms with Crippen molar-refractivity contribution in [1.82, 2.24) is 19.7 Å². The third-order valence-electron chi connectivity index (χ3n) is 5.25. The zero-order valence-corrected chi connectivity index (χ0v) is 17.5. The average molecular weight is 412 g/mol. The van der Waals surface area contributed by atoms with Crippen molar-refractivity contribution in [3.05, 3.63) is 64.1 Å². The second-order valence-electron chi connectivity index (χ2n) is 7.37. The van der Waals surface area contributed by atoms with Gasteiger partial charge < -0.3 is 19.5 Å². The molecule has 1 aromatic heterocycles. The first-order chi connectivity index (χ1) is 14.5. The van der Waals surface area contributed by atoms with Crippen LogP contribution < -0.4 is 15.5 Å². The molecule has 2 amide bonds. The summed E-state index contributed by atoms with van der Waals surface area (Å²) in [5, 5.41) is 2.91. The van der Waals surface area contributed by atoms with Crippen molar-refractivity contribution < 1.29 is 14.3 Å². The van der Waals surface area contributed by atoms with Crippen LogP contribution in [0.4, 0.5) is 0 Å². The Labute approximate surface area is 176 Å². The highest BCUT2D eigenvalue weighted by Crippen LogP contribution is 2.12. The van der Waals surface area contributed by atoms with Gasteiger partial charge in [0.05, 0.1) is 13.3 Å². The maximum absolute atomic E-state index is 12.5. The monoisotopic (exact) mass is 412 g/mol. The first-order valence-electron chi connectivity index (χ1n) is 10.0. The number of carbonyl (C=O) groups is 2. The molecule has 2 aromatic rings. The normalized spacial score (nSPS) is 14.4. The quantitative estimate of drug-likeness (QED) is 0.729. The third-order valence-corrected chi connectivity index (χ3v) is 5.25. The van der Waals surface area contributed by atoms with Gasteiger partial charge in [-0.15, -0.1) is 0 Å². The molecule has 0 spiro atoms. The molecule has 8 heteroatoms. The molecule has 8 nitrogen and oxygen atoms in total. The Bertz CT molecular complexity index is 934. The molecule has 1 saturated heterocycles. The summed E-state index contributed by atoms with van der Waals surface area (Å²) in [6.45, 7) is 5.40. The summed E-state index contributed by atoms with van der Waals surface area (Å²) >= 11 is 0. The molecular weight excluding hydrogens is 384 g/mol. The Morgan fingerprint density at radius 3 is 2.43 bits per heavy atom. The van der Waals surface area contributed by atoms with Crippen molar-refractivity contribution in [3.63, 3.8) is 0 Å². The fourth-order valence-electron chi connectivity index (χ4n) is 3.49. The largest absolute Gasteiger partial charge is 0.491 e. The van der Waals surface area contributed by atoms with Gasteiger partial charge in [-0.3, -0.25) is 19.3 Å². The minimum atomic E-state index is -0.212. The molecule has 0 radical (unpaired) electrons. The van der Waals surface area contributed by atoms with Crippen LogP contribution in [0.2, 0.25) is 0 Å². The van der Waals surface area contributed by atoms with Crippen molar-refractivity contribution in [1.29, 1.82) is 0 Å². The summed E-state index contributed by atoms with van der Waals surface area (Å²) in [5.41, 5.74) is 1.55. The summed E-state index contributed by atoms with van der Waals surface area (Å²) in [6, 6.07) is 11.2. The predicted molar refractivity (Wildman–Crippen MR) is 113 cm³/mol. The Balaban J connectivity index is 1.68. The lowest BCUT2D eigenvalue weighted by molar-refractivity contribution is -0.130. The minimum absolute atomic E-state index is 0.0751. The molecule has 0 unspecified atom stereocenters. The molecule has 160 valence electrons. The number of hydrogen-bond acceptors (Lipinski definition) is 5. The maximum Gasteiger partial charge on any atom is 0.240 e. The number of amides is 2. The van der Waals surface area contributed by atoms with E-state index in [-0.39, 0.29) is 29.5 Å². The zero-order chi connectivity index (χ0) is 21.5. The maximum atomic E-state index is 12.5. The Morgan fingerprint density at radius 2 is 1.80 bits per heavy atom. The molecule has 1 fully saturated rings. The minimum Gasteiger partial charge on any atom is -0.491 e. The highest BCUT2D eigenvalue weighted by molar-refractivity contribution is 5.75. The molecule has 0 atom stereocenters. The van der Waals surface area contributed by atoms with Gasteiger partial charge in [0.15, 0.2) is 5.75 Å². The van der Waals surface area contributed by atoms with E-state index in [9.17, 15) is 14.4 Å². The number of benzene rings is 1. The lowest BCUT2D eigenvalue weighted by Gasteiger charge is -2.34. The zero-order valence-electron chi connectivity index (χ0n) is 17.5. The topological polar surface area (TPSA) is 83.9 Å². The van der Waals surface area contributed by atoms with Crippen LogP contribution in [0.15, 0.2) is 47.4 Å².